The van der Waals surface area contributed by atoms with Gasteiger partial charge in [0.2, 0.25) is 0 Å². The lowest BCUT2D eigenvalue weighted by Gasteiger charge is -2.15. The zero-order valence-corrected chi connectivity index (χ0v) is 17.9. The summed E-state index contributed by atoms with van der Waals surface area (Å²) < 4.78 is 11.0. The first-order chi connectivity index (χ1) is 15.5. The molecule has 0 unspecified atom stereocenters. The van der Waals surface area contributed by atoms with E-state index in [2.05, 4.69) is 0 Å². The summed E-state index contributed by atoms with van der Waals surface area (Å²) in [5.41, 5.74) is 7.77. The minimum absolute atomic E-state index is 0.0368. The van der Waals surface area contributed by atoms with Crippen LogP contribution in [0.3, 0.4) is 0 Å². The van der Waals surface area contributed by atoms with Crippen molar-refractivity contribution in [3.63, 3.8) is 0 Å². The van der Waals surface area contributed by atoms with Crippen molar-refractivity contribution in [2.75, 3.05) is 12.3 Å². The summed E-state index contributed by atoms with van der Waals surface area (Å²) in [5.74, 6) is -0.602. The van der Waals surface area contributed by atoms with Crippen molar-refractivity contribution in [1.29, 1.82) is 0 Å². The second-order valence-corrected chi connectivity index (χ2v) is 7.85. The van der Waals surface area contributed by atoms with Crippen LogP contribution in [0.4, 0.5) is 5.69 Å². The van der Waals surface area contributed by atoms with E-state index in [0.29, 0.717) is 21.6 Å². The average Bonchev–Trinajstić information content (AvgIpc) is 2.79. The van der Waals surface area contributed by atoms with Crippen LogP contribution in [0.15, 0.2) is 75.9 Å². The van der Waals surface area contributed by atoms with Crippen LogP contribution < -0.4 is 11.4 Å². The highest BCUT2D eigenvalue weighted by atomic mass is 35.5. The van der Waals surface area contributed by atoms with Gasteiger partial charge in [-0.05, 0) is 47.7 Å². The third-order valence-electron chi connectivity index (χ3n) is 5.57. The molecule has 32 heavy (non-hydrogen) atoms. The quantitative estimate of drug-likeness (QED) is 0.156. The molecule has 0 saturated heterocycles. The Morgan fingerprint density at radius 1 is 1.00 bits per heavy atom. The molecular formula is C26H18ClNO4. The molecule has 0 radical (unpaired) electrons. The molecule has 5 rings (SSSR count). The van der Waals surface area contributed by atoms with Gasteiger partial charge in [-0.3, -0.25) is 0 Å². The Bertz CT molecular complexity index is 1590. The fourth-order valence-electron chi connectivity index (χ4n) is 4.13. The van der Waals surface area contributed by atoms with Crippen molar-refractivity contribution in [3.8, 4) is 11.1 Å². The van der Waals surface area contributed by atoms with Crippen molar-refractivity contribution >= 4 is 55.8 Å². The molecule has 2 N–H and O–H groups in total. The number of hydrogen-bond acceptors (Lipinski definition) is 5. The van der Waals surface area contributed by atoms with Crippen LogP contribution in [-0.4, -0.2) is 12.6 Å². The molecule has 0 aliphatic rings. The van der Waals surface area contributed by atoms with Crippen molar-refractivity contribution in [2.24, 2.45) is 0 Å². The van der Waals surface area contributed by atoms with Gasteiger partial charge in [-0.25, -0.2) is 9.59 Å². The van der Waals surface area contributed by atoms with Crippen molar-refractivity contribution in [1.82, 2.24) is 0 Å². The van der Waals surface area contributed by atoms with Crippen LogP contribution in [0.1, 0.15) is 17.3 Å². The lowest BCUT2D eigenvalue weighted by molar-refractivity contribution is 0.0528. The van der Waals surface area contributed by atoms with Gasteiger partial charge in [0.25, 0.3) is 0 Å². The first kappa shape index (κ1) is 20.1. The Morgan fingerprint density at radius 2 is 1.75 bits per heavy atom. The Kier molecular flexibility index (Phi) is 4.83. The molecule has 0 saturated carbocycles. The van der Waals surface area contributed by atoms with Crippen molar-refractivity contribution in [3.05, 3.63) is 87.7 Å². The number of nitrogen functional groups attached to an aromatic ring is 1. The third kappa shape index (κ3) is 3.10. The van der Waals surface area contributed by atoms with Crippen molar-refractivity contribution in [2.45, 2.75) is 6.92 Å². The monoisotopic (exact) mass is 443 g/mol. The van der Waals surface area contributed by atoms with E-state index in [1.807, 2.05) is 36.4 Å². The maximum atomic E-state index is 13.1. The lowest BCUT2D eigenvalue weighted by atomic mass is 9.92. The van der Waals surface area contributed by atoms with Crippen molar-refractivity contribution < 1.29 is 13.9 Å². The van der Waals surface area contributed by atoms with Gasteiger partial charge >= 0.3 is 11.6 Å². The fourth-order valence-corrected chi connectivity index (χ4v) is 4.25. The van der Waals surface area contributed by atoms with Gasteiger partial charge in [0.15, 0.2) is 0 Å². The summed E-state index contributed by atoms with van der Waals surface area (Å²) in [7, 11) is 0. The predicted octanol–water partition coefficient (Wildman–Crippen LogP) is 6.18. The molecule has 0 atom stereocenters. The summed E-state index contributed by atoms with van der Waals surface area (Å²) in [6.45, 7) is 1.89. The second kappa shape index (κ2) is 7.70. The molecule has 5 nitrogen and oxygen atoms in total. The van der Waals surface area contributed by atoms with Crippen LogP contribution in [0.2, 0.25) is 5.02 Å². The molecule has 6 heteroatoms. The number of carbonyl (C=O) groups is 1. The Labute approximate surface area is 188 Å². The molecule has 0 bridgehead atoms. The largest absolute Gasteiger partial charge is 0.462 e. The summed E-state index contributed by atoms with van der Waals surface area (Å²) in [5, 5.41) is 3.85. The highest BCUT2D eigenvalue weighted by molar-refractivity contribution is 6.30. The molecular weight excluding hydrogens is 426 g/mol. The Hall–Kier alpha value is -3.83. The maximum Gasteiger partial charge on any atom is 0.346 e. The van der Waals surface area contributed by atoms with Gasteiger partial charge in [-0.1, -0.05) is 54.1 Å². The first-order valence-corrected chi connectivity index (χ1v) is 10.5. The molecule has 0 fully saturated rings. The second-order valence-electron chi connectivity index (χ2n) is 7.42. The number of benzene rings is 4. The molecule has 158 valence electrons. The lowest BCUT2D eigenvalue weighted by Crippen LogP contribution is -2.13. The third-order valence-corrected chi connectivity index (χ3v) is 5.82. The standard InChI is InChI=1S/C26H18ClNO4/c1-2-31-25(29)21-19(15-7-10-16(27)11-8-15)13-20-18-12-9-14-5-3-4-6-17(14)24(18)32-26(30)22(20)23(21)28/h3-13H,2,28H2,1H3. The van der Waals surface area contributed by atoms with Crippen LogP contribution in [0.5, 0.6) is 0 Å². The van der Waals surface area contributed by atoms with Gasteiger partial charge in [-0.15, -0.1) is 0 Å². The van der Waals surface area contributed by atoms with Gasteiger partial charge in [-0.2, -0.15) is 0 Å². The topological polar surface area (TPSA) is 82.5 Å². The molecule has 0 spiro atoms. The number of hydrogen-bond donors (Lipinski definition) is 1. The number of halogens is 1. The summed E-state index contributed by atoms with van der Waals surface area (Å²) >= 11 is 6.06. The zero-order valence-electron chi connectivity index (χ0n) is 17.1. The van der Waals surface area contributed by atoms with Gasteiger partial charge in [0, 0.05) is 21.2 Å². The normalized spacial score (nSPS) is 11.3. The number of nitrogens with two attached hydrogens (primary N) is 1. The number of ether oxygens (including phenoxy) is 1. The molecule has 0 amide bonds. The van der Waals surface area contributed by atoms with E-state index < -0.39 is 11.6 Å². The minimum atomic E-state index is -0.602. The van der Waals surface area contributed by atoms with E-state index in [-0.39, 0.29) is 23.2 Å². The fraction of sp³-hybridized carbons (Fsp3) is 0.0769. The number of fused-ring (bicyclic) bond motifs is 5. The van der Waals surface area contributed by atoms with E-state index in [4.69, 9.17) is 26.5 Å². The number of esters is 1. The zero-order chi connectivity index (χ0) is 22.4. The molecule has 1 aromatic heterocycles. The first-order valence-electron chi connectivity index (χ1n) is 10.1. The van der Waals surface area contributed by atoms with Crippen LogP contribution in [0, 0.1) is 0 Å². The SMILES string of the molecule is CCOC(=O)c1c(-c2ccc(Cl)cc2)cc2c(c1N)c(=O)oc1c3ccccc3ccc21. The smallest absolute Gasteiger partial charge is 0.346 e. The molecule has 5 aromatic rings. The predicted molar refractivity (Wildman–Crippen MR) is 128 cm³/mol. The number of anilines is 1. The van der Waals surface area contributed by atoms with Crippen LogP contribution in [-0.2, 0) is 4.74 Å². The number of rotatable bonds is 3. The maximum absolute atomic E-state index is 13.1. The molecule has 0 aliphatic heterocycles. The Balaban J connectivity index is 1.96. The molecule has 1 heterocycles. The summed E-state index contributed by atoms with van der Waals surface area (Å²) in [6.07, 6.45) is 0. The highest BCUT2D eigenvalue weighted by Crippen LogP contribution is 2.38. The van der Waals surface area contributed by atoms with Crippen LogP contribution in [0.25, 0.3) is 43.6 Å². The van der Waals surface area contributed by atoms with Gasteiger partial charge in [0.1, 0.15) is 5.58 Å². The minimum Gasteiger partial charge on any atom is -0.462 e. The summed E-state index contributed by atoms with van der Waals surface area (Å²) in [4.78, 5) is 25.9. The summed E-state index contributed by atoms with van der Waals surface area (Å²) in [6, 6.07) is 20.4. The van der Waals surface area contributed by atoms with E-state index in [9.17, 15) is 9.59 Å². The molecule has 0 aliphatic carbocycles. The highest BCUT2D eigenvalue weighted by Gasteiger charge is 2.24. The van der Waals surface area contributed by atoms with Gasteiger partial charge in [0.05, 0.1) is 23.2 Å². The van der Waals surface area contributed by atoms with E-state index in [1.165, 1.54) is 0 Å². The Morgan fingerprint density at radius 3 is 2.50 bits per heavy atom. The van der Waals surface area contributed by atoms with E-state index >= 15 is 0 Å². The number of carbonyl (C=O) groups excluding carboxylic acids is 1. The van der Waals surface area contributed by atoms with Crippen LogP contribution >= 0.6 is 11.6 Å². The molecule has 4 aromatic carbocycles. The van der Waals surface area contributed by atoms with E-state index in [1.54, 1.807) is 37.3 Å². The average molecular weight is 444 g/mol. The van der Waals surface area contributed by atoms with Gasteiger partial charge < -0.3 is 14.9 Å². The van der Waals surface area contributed by atoms with E-state index in [0.717, 1.165) is 21.7 Å².